The SMILES string of the molecule is CC1Oc2ccc(NC(=O)CCOc3ccccc3F)cc2NC1=O. The van der Waals surface area contributed by atoms with Crippen molar-refractivity contribution in [3.05, 3.63) is 48.3 Å². The second kappa shape index (κ2) is 7.21. The van der Waals surface area contributed by atoms with Crippen molar-refractivity contribution in [2.24, 2.45) is 0 Å². The Labute approximate surface area is 143 Å². The normalized spacial score (nSPS) is 15.6. The molecule has 2 N–H and O–H groups in total. The zero-order valence-electron chi connectivity index (χ0n) is 13.5. The van der Waals surface area contributed by atoms with Crippen LogP contribution in [0.3, 0.4) is 0 Å². The summed E-state index contributed by atoms with van der Waals surface area (Å²) < 4.78 is 24.1. The molecule has 0 saturated heterocycles. The minimum atomic E-state index is -0.552. The molecule has 2 amide bonds. The van der Waals surface area contributed by atoms with E-state index in [-0.39, 0.29) is 30.6 Å². The van der Waals surface area contributed by atoms with Gasteiger partial charge in [-0.1, -0.05) is 12.1 Å². The van der Waals surface area contributed by atoms with Gasteiger partial charge in [0.1, 0.15) is 5.75 Å². The Morgan fingerprint density at radius 3 is 2.92 bits per heavy atom. The monoisotopic (exact) mass is 344 g/mol. The summed E-state index contributed by atoms with van der Waals surface area (Å²) in [6.07, 6.45) is -0.492. The molecule has 0 saturated carbocycles. The minimum absolute atomic E-state index is 0.0507. The van der Waals surface area contributed by atoms with Crippen LogP contribution in [0.5, 0.6) is 11.5 Å². The van der Waals surface area contributed by atoms with Crippen LogP contribution in [-0.2, 0) is 9.59 Å². The van der Waals surface area contributed by atoms with Crippen LogP contribution in [0.25, 0.3) is 0 Å². The first-order valence-electron chi connectivity index (χ1n) is 7.81. The van der Waals surface area contributed by atoms with E-state index in [1.165, 1.54) is 12.1 Å². The van der Waals surface area contributed by atoms with Crippen molar-refractivity contribution in [3.8, 4) is 11.5 Å². The third-order valence-corrected chi connectivity index (χ3v) is 3.62. The number of benzene rings is 2. The molecule has 0 radical (unpaired) electrons. The highest BCUT2D eigenvalue weighted by Gasteiger charge is 2.23. The molecule has 0 aromatic heterocycles. The summed E-state index contributed by atoms with van der Waals surface area (Å²) in [5.74, 6) is -0.337. The summed E-state index contributed by atoms with van der Waals surface area (Å²) in [4.78, 5) is 23.6. The Hall–Kier alpha value is -3.09. The van der Waals surface area contributed by atoms with Crippen LogP contribution in [0.15, 0.2) is 42.5 Å². The summed E-state index contributed by atoms with van der Waals surface area (Å²) in [6, 6.07) is 11.0. The molecule has 130 valence electrons. The average molecular weight is 344 g/mol. The van der Waals surface area contributed by atoms with Gasteiger partial charge in [0.25, 0.3) is 5.91 Å². The molecule has 1 heterocycles. The van der Waals surface area contributed by atoms with Gasteiger partial charge < -0.3 is 20.1 Å². The van der Waals surface area contributed by atoms with Crippen LogP contribution in [-0.4, -0.2) is 24.5 Å². The molecule has 1 unspecified atom stereocenters. The number of fused-ring (bicyclic) bond motifs is 1. The Bertz CT molecular complexity index is 809. The van der Waals surface area contributed by atoms with Crippen LogP contribution < -0.4 is 20.1 Å². The average Bonchev–Trinajstić information content (AvgIpc) is 2.58. The fourth-order valence-electron chi connectivity index (χ4n) is 2.33. The number of amides is 2. The van der Waals surface area contributed by atoms with E-state index in [0.29, 0.717) is 17.1 Å². The Balaban J connectivity index is 1.54. The van der Waals surface area contributed by atoms with E-state index in [4.69, 9.17) is 9.47 Å². The highest BCUT2D eigenvalue weighted by atomic mass is 19.1. The maximum atomic E-state index is 13.4. The van der Waals surface area contributed by atoms with Gasteiger partial charge in [-0.25, -0.2) is 4.39 Å². The molecular weight excluding hydrogens is 327 g/mol. The van der Waals surface area contributed by atoms with Gasteiger partial charge in [0, 0.05) is 5.69 Å². The first kappa shape index (κ1) is 16.8. The lowest BCUT2D eigenvalue weighted by molar-refractivity contribution is -0.122. The van der Waals surface area contributed by atoms with Gasteiger partial charge >= 0.3 is 0 Å². The van der Waals surface area contributed by atoms with Gasteiger partial charge in [0.05, 0.1) is 18.7 Å². The predicted molar refractivity (Wildman–Crippen MR) is 90.3 cm³/mol. The minimum Gasteiger partial charge on any atom is -0.490 e. The van der Waals surface area contributed by atoms with E-state index in [1.807, 2.05) is 0 Å². The fourth-order valence-corrected chi connectivity index (χ4v) is 2.33. The lowest BCUT2D eigenvalue weighted by Gasteiger charge is -2.23. The molecule has 0 bridgehead atoms. The predicted octanol–water partition coefficient (Wildman–Crippen LogP) is 2.95. The van der Waals surface area contributed by atoms with Crippen molar-refractivity contribution in [1.29, 1.82) is 0 Å². The fraction of sp³-hybridized carbons (Fsp3) is 0.222. The highest BCUT2D eigenvalue weighted by molar-refractivity contribution is 5.99. The Morgan fingerprint density at radius 1 is 1.32 bits per heavy atom. The number of hydrogen-bond acceptors (Lipinski definition) is 4. The molecule has 25 heavy (non-hydrogen) atoms. The van der Waals surface area contributed by atoms with Crippen molar-refractivity contribution in [2.45, 2.75) is 19.4 Å². The lowest BCUT2D eigenvalue weighted by Crippen LogP contribution is -2.34. The summed E-state index contributed by atoms with van der Waals surface area (Å²) >= 11 is 0. The molecular formula is C18H17FN2O4. The molecule has 1 aliphatic heterocycles. The van der Waals surface area contributed by atoms with Gasteiger partial charge in [-0.05, 0) is 37.3 Å². The van der Waals surface area contributed by atoms with Gasteiger partial charge in [0.15, 0.2) is 17.7 Å². The second-order valence-electron chi connectivity index (χ2n) is 5.54. The number of halogens is 1. The maximum Gasteiger partial charge on any atom is 0.265 e. The van der Waals surface area contributed by atoms with E-state index in [0.717, 1.165) is 0 Å². The number of para-hydroxylation sites is 1. The third-order valence-electron chi connectivity index (χ3n) is 3.62. The van der Waals surface area contributed by atoms with Crippen LogP contribution in [0, 0.1) is 5.82 Å². The van der Waals surface area contributed by atoms with Crippen molar-refractivity contribution >= 4 is 23.2 Å². The standard InChI is InChI=1S/C18H17FN2O4/c1-11-18(23)21-14-10-12(6-7-16(14)25-11)20-17(22)8-9-24-15-5-3-2-4-13(15)19/h2-7,10-11H,8-9H2,1H3,(H,20,22)(H,21,23). The van der Waals surface area contributed by atoms with Gasteiger partial charge in [-0.15, -0.1) is 0 Å². The molecule has 6 nitrogen and oxygen atoms in total. The zero-order chi connectivity index (χ0) is 17.8. The zero-order valence-corrected chi connectivity index (χ0v) is 13.5. The Kier molecular flexibility index (Phi) is 4.83. The lowest BCUT2D eigenvalue weighted by atomic mass is 10.2. The molecule has 2 aromatic rings. The number of rotatable bonds is 5. The summed E-state index contributed by atoms with van der Waals surface area (Å²) in [6.45, 7) is 1.71. The van der Waals surface area contributed by atoms with Crippen molar-refractivity contribution in [3.63, 3.8) is 0 Å². The first-order valence-corrected chi connectivity index (χ1v) is 7.81. The van der Waals surface area contributed by atoms with Crippen LogP contribution in [0.4, 0.5) is 15.8 Å². The first-order chi connectivity index (χ1) is 12.0. The van der Waals surface area contributed by atoms with E-state index in [1.54, 1.807) is 37.3 Å². The molecule has 1 atom stereocenters. The number of hydrogen-bond donors (Lipinski definition) is 2. The molecule has 0 fully saturated rings. The van der Waals surface area contributed by atoms with Crippen molar-refractivity contribution in [1.82, 2.24) is 0 Å². The van der Waals surface area contributed by atoms with Crippen LogP contribution in [0.2, 0.25) is 0 Å². The van der Waals surface area contributed by atoms with Crippen LogP contribution in [0.1, 0.15) is 13.3 Å². The van der Waals surface area contributed by atoms with E-state index >= 15 is 0 Å². The van der Waals surface area contributed by atoms with E-state index in [9.17, 15) is 14.0 Å². The second-order valence-corrected chi connectivity index (χ2v) is 5.54. The Morgan fingerprint density at radius 2 is 2.12 bits per heavy atom. The molecule has 7 heteroatoms. The molecule has 0 aliphatic carbocycles. The van der Waals surface area contributed by atoms with E-state index in [2.05, 4.69) is 10.6 Å². The van der Waals surface area contributed by atoms with Gasteiger partial charge in [-0.3, -0.25) is 9.59 Å². The van der Waals surface area contributed by atoms with Gasteiger partial charge in [-0.2, -0.15) is 0 Å². The topological polar surface area (TPSA) is 76.7 Å². The van der Waals surface area contributed by atoms with Crippen molar-refractivity contribution in [2.75, 3.05) is 17.2 Å². The summed E-state index contributed by atoms with van der Waals surface area (Å²) in [5.41, 5.74) is 1.02. The number of nitrogens with one attached hydrogen (secondary N) is 2. The maximum absolute atomic E-state index is 13.4. The third kappa shape index (κ3) is 4.06. The molecule has 1 aliphatic rings. The number of anilines is 2. The largest absolute Gasteiger partial charge is 0.490 e. The number of ether oxygens (including phenoxy) is 2. The number of carbonyl (C=O) groups is 2. The highest BCUT2D eigenvalue weighted by Crippen LogP contribution is 2.32. The molecule has 3 rings (SSSR count). The number of carbonyl (C=O) groups excluding carboxylic acids is 2. The van der Waals surface area contributed by atoms with Gasteiger partial charge in [0.2, 0.25) is 5.91 Å². The smallest absolute Gasteiger partial charge is 0.265 e. The van der Waals surface area contributed by atoms with Crippen molar-refractivity contribution < 1.29 is 23.5 Å². The summed E-state index contributed by atoms with van der Waals surface area (Å²) in [7, 11) is 0. The summed E-state index contributed by atoms with van der Waals surface area (Å²) in [5, 5.41) is 5.41. The van der Waals surface area contributed by atoms with E-state index < -0.39 is 11.9 Å². The van der Waals surface area contributed by atoms with Crippen LogP contribution >= 0.6 is 0 Å². The molecule has 2 aromatic carbocycles. The molecule has 0 spiro atoms. The quantitative estimate of drug-likeness (QED) is 0.874.